The third-order valence-electron chi connectivity index (χ3n) is 6.42. The molecule has 0 unspecified atom stereocenters. The van der Waals surface area contributed by atoms with Crippen molar-refractivity contribution in [3.63, 3.8) is 0 Å². The summed E-state index contributed by atoms with van der Waals surface area (Å²) in [6.07, 6.45) is 4.73. The minimum Gasteiger partial charge on any atom is -0.351 e. The molecule has 0 atom stereocenters. The molecule has 37 heavy (non-hydrogen) atoms. The Morgan fingerprint density at radius 2 is 1.86 bits per heavy atom. The van der Waals surface area contributed by atoms with Gasteiger partial charge in [-0.2, -0.15) is 10.2 Å². The van der Waals surface area contributed by atoms with E-state index >= 15 is 0 Å². The molecular formula is C26H28BrClN6O2S. The van der Waals surface area contributed by atoms with E-state index in [2.05, 4.69) is 47.5 Å². The van der Waals surface area contributed by atoms with Crippen LogP contribution in [-0.4, -0.2) is 48.7 Å². The van der Waals surface area contributed by atoms with Gasteiger partial charge in [0.1, 0.15) is 5.82 Å². The number of benzene rings is 2. The number of aryl methyl sites for hydroxylation is 2. The Labute approximate surface area is 231 Å². The fourth-order valence-electron chi connectivity index (χ4n) is 4.41. The maximum Gasteiger partial charge on any atom is 0.224 e. The highest BCUT2D eigenvalue weighted by Gasteiger charge is 2.21. The molecule has 1 fully saturated rings. The van der Waals surface area contributed by atoms with Gasteiger partial charge in [0.15, 0.2) is 9.84 Å². The summed E-state index contributed by atoms with van der Waals surface area (Å²) in [5.41, 5.74) is 4.40. The zero-order valence-corrected chi connectivity index (χ0v) is 24.0. The van der Waals surface area contributed by atoms with Crippen molar-refractivity contribution in [3.8, 4) is 6.07 Å². The number of rotatable bonds is 7. The maximum absolute atomic E-state index is 11.8. The maximum atomic E-state index is 11.8. The molecule has 1 aromatic heterocycles. The molecule has 0 spiro atoms. The fraction of sp³-hybridized carbons (Fsp3) is 0.346. The number of hydrogen-bond acceptors (Lipinski definition) is 8. The van der Waals surface area contributed by atoms with Gasteiger partial charge in [0.25, 0.3) is 0 Å². The molecule has 2 heterocycles. The lowest BCUT2D eigenvalue weighted by molar-refractivity contribution is 0.211. The molecule has 3 aromatic rings. The molecule has 0 amide bonds. The molecule has 4 rings (SSSR count). The highest BCUT2D eigenvalue weighted by molar-refractivity contribution is 9.10. The molecule has 1 saturated heterocycles. The molecule has 194 valence electrons. The third-order valence-corrected chi connectivity index (χ3v) is 8.46. The van der Waals surface area contributed by atoms with Gasteiger partial charge in [-0.15, -0.1) is 0 Å². The second-order valence-electron chi connectivity index (χ2n) is 9.33. The van der Waals surface area contributed by atoms with Crippen LogP contribution >= 0.6 is 27.5 Å². The van der Waals surface area contributed by atoms with Crippen LogP contribution in [0.4, 0.5) is 17.5 Å². The molecule has 0 aliphatic carbocycles. The highest BCUT2D eigenvalue weighted by Crippen LogP contribution is 2.30. The van der Waals surface area contributed by atoms with E-state index < -0.39 is 9.84 Å². The molecule has 2 N–H and O–H groups in total. The largest absolute Gasteiger partial charge is 0.351 e. The SMILES string of the molecule is Cc1cc(C#N)cc(C)c1Nc1nc(NC2CCN(Cc3ccc(S(C)(=O)=O)cc3Cl)CC2)ncc1Br. The van der Waals surface area contributed by atoms with E-state index in [-0.39, 0.29) is 10.9 Å². The number of nitrogens with one attached hydrogen (secondary N) is 2. The van der Waals surface area contributed by atoms with Gasteiger partial charge in [-0.05, 0) is 83.6 Å². The summed E-state index contributed by atoms with van der Waals surface area (Å²) >= 11 is 9.90. The van der Waals surface area contributed by atoms with E-state index in [1.165, 1.54) is 12.3 Å². The second-order valence-corrected chi connectivity index (χ2v) is 12.6. The minimum atomic E-state index is -3.28. The molecule has 1 aliphatic heterocycles. The van der Waals surface area contributed by atoms with Crippen LogP contribution in [0.25, 0.3) is 0 Å². The number of anilines is 3. The molecule has 2 aromatic carbocycles. The summed E-state index contributed by atoms with van der Waals surface area (Å²) in [7, 11) is -3.28. The van der Waals surface area contributed by atoms with E-state index in [4.69, 9.17) is 11.6 Å². The van der Waals surface area contributed by atoms with Crippen molar-refractivity contribution < 1.29 is 8.42 Å². The summed E-state index contributed by atoms with van der Waals surface area (Å²) in [5.74, 6) is 1.20. The van der Waals surface area contributed by atoms with Gasteiger partial charge in [0.05, 0.1) is 21.0 Å². The molecule has 11 heteroatoms. The van der Waals surface area contributed by atoms with Crippen molar-refractivity contribution in [1.29, 1.82) is 5.26 Å². The van der Waals surface area contributed by atoms with Gasteiger partial charge < -0.3 is 10.6 Å². The first-order valence-corrected chi connectivity index (χ1v) is 14.9. The van der Waals surface area contributed by atoms with Crippen LogP contribution in [0.2, 0.25) is 5.02 Å². The summed E-state index contributed by atoms with van der Waals surface area (Å²) < 4.78 is 24.3. The van der Waals surface area contributed by atoms with E-state index in [9.17, 15) is 13.7 Å². The van der Waals surface area contributed by atoms with Crippen molar-refractivity contribution in [3.05, 3.63) is 68.3 Å². The summed E-state index contributed by atoms with van der Waals surface area (Å²) in [6, 6.07) is 11.1. The first kappa shape index (κ1) is 27.3. The lowest BCUT2D eigenvalue weighted by atomic mass is 10.0. The minimum absolute atomic E-state index is 0.228. The second kappa shape index (κ2) is 11.4. The van der Waals surface area contributed by atoms with Crippen LogP contribution < -0.4 is 10.6 Å². The average Bonchev–Trinajstić information content (AvgIpc) is 2.84. The topological polar surface area (TPSA) is 111 Å². The average molecular weight is 604 g/mol. The Hall–Kier alpha value is -2.71. The van der Waals surface area contributed by atoms with E-state index in [1.807, 2.05) is 26.0 Å². The zero-order valence-electron chi connectivity index (χ0n) is 20.8. The van der Waals surface area contributed by atoms with Gasteiger partial charge in [0.2, 0.25) is 5.95 Å². The van der Waals surface area contributed by atoms with Gasteiger partial charge in [0, 0.05) is 48.8 Å². The van der Waals surface area contributed by atoms with Crippen LogP contribution in [0.15, 0.2) is 45.9 Å². The highest BCUT2D eigenvalue weighted by atomic mass is 79.9. The number of sulfone groups is 1. The molecular weight excluding hydrogens is 576 g/mol. The number of halogens is 2. The first-order valence-electron chi connectivity index (χ1n) is 11.8. The third kappa shape index (κ3) is 6.79. The quantitative estimate of drug-likeness (QED) is 0.359. The number of nitrogens with zero attached hydrogens (tertiary/aromatic N) is 4. The molecule has 0 radical (unpaired) electrons. The first-order chi connectivity index (χ1) is 17.5. The molecule has 1 aliphatic rings. The normalized spacial score (nSPS) is 14.8. The predicted octanol–water partition coefficient (Wildman–Crippen LogP) is 5.60. The molecule has 0 bridgehead atoms. The lowest BCUT2D eigenvalue weighted by Gasteiger charge is -2.32. The summed E-state index contributed by atoms with van der Waals surface area (Å²) in [4.78, 5) is 11.7. The van der Waals surface area contributed by atoms with E-state index in [0.29, 0.717) is 28.9 Å². The van der Waals surface area contributed by atoms with Gasteiger partial charge >= 0.3 is 0 Å². The Morgan fingerprint density at radius 1 is 1.19 bits per heavy atom. The van der Waals surface area contributed by atoms with Crippen molar-refractivity contribution in [2.75, 3.05) is 30.0 Å². The van der Waals surface area contributed by atoms with Crippen molar-refractivity contribution in [2.45, 2.75) is 44.2 Å². The van der Waals surface area contributed by atoms with Crippen LogP contribution in [0.1, 0.15) is 35.1 Å². The Kier molecular flexibility index (Phi) is 8.39. The predicted molar refractivity (Wildman–Crippen MR) is 150 cm³/mol. The summed E-state index contributed by atoms with van der Waals surface area (Å²) in [5, 5.41) is 16.5. The van der Waals surface area contributed by atoms with E-state index in [0.717, 1.165) is 52.8 Å². The van der Waals surface area contributed by atoms with Crippen molar-refractivity contribution >= 4 is 54.8 Å². The van der Waals surface area contributed by atoms with Crippen molar-refractivity contribution in [2.24, 2.45) is 0 Å². The Bertz CT molecular complexity index is 1440. The van der Waals surface area contributed by atoms with Crippen LogP contribution in [0.5, 0.6) is 0 Å². The van der Waals surface area contributed by atoms with E-state index in [1.54, 1.807) is 18.3 Å². The van der Waals surface area contributed by atoms with Crippen molar-refractivity contribution in [1.82, 2.24) is 14.9 Å². The lowest BCUT2D eigenvalue weighted by Crippen LogP contribution is -2.39. The van der Waals surface area contributed by atoms with Gasteiger partial charge in [-0.1, -0.05) is 17.7 Å². The fourth-order valence-corrected chi connectivity index (χ4v) is 5.66. The Balaban J connectivity index is 1.37. The standard InChI is InChI=1S/C26H28BrClN6O2S/c1-16-10-18(13-29)11-17(2)24(16)32-25-22(27)14-30-26(33-25)31-20-6-8-34(9-7-20)15-19-4-5-21(12-23(19)28)37(3,35)36/h4-5,10-12,14,20H,6-9,15H2,1-3H3,(H2,30,31,32,33). The number of nitriles is 1. The monoisotopic (exact) mass is 602 g/mol. The van der Waals surface area contributed by atoms with Crippen LogP contribution in [0, 0.1) is 25.2 Å². The van der Waals surface area contributed by atoms with Crippen LogP contribution in [-0.2, 0) is 16.4 Å². The smallest absolute Gasteiger partial charge is 0.224 e. The van der Waals surface area contributed by atoms with Crippen LogP contribution in [0.3, 0.4) is 0 Å². The molecule has 8 nitrogen and oxygen atoms in total. The summed E-state index contributed by atoms with van der Waals surface area (Å²) in [6.45, 7) is 6.33. The molecule has 0 saturated carbocycles. The van der Waals surface area contributed by atoms with Gasteiger partial charge in [-0.25, -0.2) is 13.4 Å². The number of hydrogen-bond donors (Lipinski definition) is 2. The number of aromatic nitrogens is 2. The zero-order chi connectivity index (χ0) is 26.7. The Morgan fingerprint density at radius 3 is 2.46 bits per heavy atom. The number of likely N-dealkylation sites (tertiary alicyclic amines) is 1. The van der Waals surface area contributed by atoms with Gasteiger partial charge in [-0.3, -0.25) is 4.90 Å². The number of piperidine rings is 1.